The van der Waals surface area contributed by atoms with Crippen LogP contribution in [0, 0.1) is 13.8 Å². The predicted octanol–water partition coefficient (Wildman–Crippen LogP) is 4.10. The maximum Gasteiger partial charge on any atom is 0.276 e. The highest BCUT2D eigenvalue weighted by Gasteiger charge is 2.13. The van der Waals surface area contributed by atoms with Crippen LogP contribution in [0.1, 0.15) is 21.9 Å². The zero-order chi connectivity index (χ0) is 22.0. The summed E-state index contributed by atoms with van der Waals surface area (Å²) in [7, 11) is 0. The number of nitrogens with zero attached hydrogens (tertiary/aromatic N) is 6. The van der Waals surface area contributed by atoms with Crippen molar-refractivity contribution in [2.24, 2.45) is 0 Å². The van der Waals surface area contributed by atoms with Crippen molar-refractivity contribution in [3.8, 4) is 5.75 Å². The van der Waals surface area contributed by atoms with Gasteiger partial charge in [-0.05, 0) is 44.2 Å². The van der Waals surface area contributed by atoms with E-state index in [1.54, 1.807) is 38.7 Å². The molecular formula is C20H19BrClN7O2. The van der Waals surface area contributed by atoms with Crippen LogP contribution in [0.3, 0.4) is 0 Å². The number of benzene rings is 1. The standard InChI is InChI=1S/C20H19BrClN7O2/c1-13-19(22)14(2)29(25-13)11-27-8-7-18(26-27)20(30)24-16-9-23-28(10-16)12-31-17-5-3-15(21)4-6-17/h3-10H,11-12H2,1-2H3,(H,24,30). The lowest BCUT2D eigenvalue weighted by Gasteiger charge is -2.06. The first-order valence-electron chi connectivity index (χ1n) is 9.34. The molecule has 0 spiro atoms. The van der Waals surface area contributed by atoms with E-state index in [0.29, 0.717) is 17.4 Å². The third-order valence-electron chi connectivity index (χ3n) is 4.51. The number of nitrogens with one attached hydrogen (secondary N) is 1. The molecule has 0 saturated heterocycles. The average Bonchev–Trinajstić information content (AvgIpc) is 3.46. The van der Waals surface area contributed by atoms with Gasteiger partial charge in [0.05, 0.1) is 34.5 Å². The van der Waals surface area contributed by atoms with E-state index in [9.17, 15) is 4.79 Å². The van der Waals surface area contributed by atoms with Gasteiger partial charge in [0.15, 0.2) is 12.4 Å². The van der Waals surface area contributed by atoms with Crippen molar-refractivity contribution < 1.29 is 9.53 Å². The third kappa shape index (κ3) is 4.97. The van der Waals surface area contributed by atoms with E-state index in [2.05, 4.69) is 36.5 Å². The lowest BCUT2D eigenvalue weighted by molar-refractivity contribution is 0.102. The van der Waals surface area contributed by atoms with E-state index in [4.69, 9.17) is 16.3 Å². The monoisotopic (exact) mass is 503 g/mol. The van der Waals surface area contributed by atoms with E-state index >= 15 is 0 Å². The molecule has 0 atom stereocenters. The second-order valence-electron chi connectivity index (χ2n) is 6.82. The molecule has 3 aromatic heterocycles. The number of ether oxygens (including phenoxy) is 1. The lowest BCUT2D eigenvalue weighted by Crippen LogP contribution is -2.15. The van der Waals surface area contributed by atoms with Crippen molar-refractivity contribution in [1.29, 1.82) is 0 Å². The number of aryl methyl sites for hydroxylation is 1. The van der Waals surface area contributed by atoms with E-state index in [1.807, 2.05) is 38.1 Å². The van der Waals surface area contributed by atoms with Crippen molar-refractivity contribution in [2.75, 3.05) is 5.32 Å². The van der Waals surface area contributed by atoms with Crippen molar-refractivity contribution >= 4 is 39.1 Å². The number of hydrogen-bond acceptors (Lipinski definition) is 5. The quantitative estimate of drug-likeness (QED) is 0.409. The van der Waals surface area contributed by atoms with Crippen LogP contribution in [0.4, 0.5) is 5.69 Å². The maximum absolute atomic E-state index is 12.5. The average molecular weight is 505 g/mol. The van der Waals surface area contributed by atoms with Crippen LogP contribution in [0.2, 0.25) is 5.02 Å². The highest BCUT2D eigenvalue weighted by molar-refractivity contribution is 9.10. The van der Waals surface area contributed by atoms with Gasteiger partial charge in [-0.3, -0.25) is 9.48 Å². The molecule has 1 N–H and O–H groups in total. The Balaban J connectivity index is 1.34. The summed E-state index contributed by atoms with van der Waals surface area (Å²) in [5.41, 5.74) is 2.43. The van der Waals surface area contributed by atoms with Gasteiger partial charge in [-0.1, -0.05) is 27.5 Å². The first kappa shape index (κ1) is 21.1. The van der Waals surface area contributed by atoms with Gasteiger partial charge in [-0.25, -0.2) is 9.36 Å². The van der Waals surface area contributed by atoms with Gasteiger partial charge in [0, 0.05) is 10.7 Å². The summed E-state index contributed by atoms with van der Waals surface area (Å²) < 4.78 is 11.6. The molecule has 4 rings (SSSR count). The summed E-state index contributed by atoms with van der Waals surface area (Å²) in [5, 5.41) is 16.3. The van der Waals surface area contributed by atoms with Crippen molar-refractivity contribution in [3.63, 3.8) is 0 Å². The fourth-order valence-electron chi connectivity index (χ4n) is 2.88. The van der Waals surface area contributed by atoms with Crippen LogP contribution in [-0.2, 0) is 13.4 Å². The molecular weight excluding hydrogens is 486 g/mol. The predicted molar refractivity (Wildman–Crippen MR) is 119 cm³/mol. The molecule has 0 fully saturated rings. The first-order valence-corrected chi connectivity index (χ1v) is 10.5. The minimum atomic E-state index is -0.335. The number of carbonyl (C=O) groups is 1. The molecule has 0 bridgehead atoms. The normalized spacial score (nSPS) is 11.0. The van der Waals surface area contributed by atoms with Crippen LogP contribution < -0.4 is 10.1 Å². The van der Waals surface area contributed by atoms with Gasteiger partial charge in [-0.2, -0.15) is 15.3 Å². The summed E-state index contributed by atoms with van der Waals surface area (Å²) in [6.45, 7) is 4.31. The molecule has 3 heterocycles. The maximum atomic E-state index is 12.5. The van der Waals surface area contributed by atoms with Gasteiger partial charge >= 0.3 is 0 Å². The minimum Gasteiger partial charge on any atom is -0.471 e. The molecule has 160 valence electrons. The molecule has 0 saturated carbocycles. The van der Waals surface area contributed by atoms with Gasteiger partial charge in [0.2, 0.25) is 0 Å². The SMILES string of the molecule is Cc1nn(Cn2ccc(C(=O)Nc3cnn(COc4ccc(Br)cc4)c3)n2)c(C)c1Cl. The molecule has 1 aromatic carbocycles. The van der Waals surface area contributed by atoms with E-state index < -0.39 is 0 Å². The van der Waals surface area contributed by atoms with Crippen LogP contribution in [0.15, 0.2) is 53.4 Å². The smallest absolute Gasteiger partial charge is 0.276 e. The Hall–Kier alpha value is -3.11. The lowest BCUT2D eigenvalue weighted by atomic mass is 10.3. The first-order chi connectivity index (χ1) is 14.9. The Morgan fingerprint density at radius 2 is 1.94 bits per heavy atom. The summed E-state index contributed by atoms with van der Waals surface area (Å²) >= 11 is 9.56. The largest absolute Gasteiger partial charge is 0.471 e. The van der Waals surface area contributed by atoms with Crippen LogP contribution in [0.25, 0.3) is 0 Å². The molecule has 1 amide bonds. The Morgan fingerprint density at radius 3 is 2.65 bits per heavy atom. The highest BCUT2D eigenvalue weighted by atomic mass is 79.9. The molecule has 0 unspecified atom stereocenters. The van der Waals surface area contributed by atoms with Crippen molar-refractivity contribution in [3.05, 3.63) is 75.5 Å². The zero-order valence-electron chi connectivity index (χ0n) is 16.8. The second kappa shape index (κ2) is 8.94. The Bertz CT molecular complexity index is 1210. The number of aromatic nitrogens is 6. The summed E-state index contributed by atoms with van der Waals surface area (Å²) in [6.07, 6.45) is 4.96. The number of carbonyl (C=O) groups excluding carboxylic acids is 1. The van der Waals surface area contributed by atoms with Gasteiger partial charge in [-0.15, -0.1) is 0 Å². The van der Waals surface area contributed by atoms with Gasteiger partial charge in [0.1, 0.15) is 12.4 Å². The van der Waals surface area contributed by atoms with E-state index in [0.717, 1.165) is 21.6 Å². The van der Waals surface area contributed by atoms with Gasteiger partial charge in [0.25, 0.3) is 5.91 Å². The number of hydrogen-bond donors (Lipinski definition) is 1. The molecule has 9 nitrogen and oxygen atoms in total. The molecule has 0 aliphatic carbocycles. The molecule has 11 heteroatoms. The molecule has 0 radical (unpaired) electrons. The van der Waals surface area contributed by atoms with Crippen LogP contribution in [-0.4, -0.2) is 35.2 Å². The van der Waals surface area contributed by atoms with E-state index in [1.165, 1.54) is 0 Å². The Morgan fingerprint density at radius 1 is 1.16 bits per heavy atom. The summed E-state index contributed by atoms with van der Waals surface area (Å²) in [4.78, 5) is 12.5. The number of anilines is 1. The second-order valence-corrected chi connectivity index (χ2v) is 8.11. The Kier molecular flexibility index (Phi) is 6.10. The number of halogens is 2. The Labute approximate surface area is 191 Å². The van der Waals surface area contributed by atoms with Crippen LogP contribution >= 0.6 is 27.5 Å². The van der Waals surface area contributed by atoms with Crippen LogP contribution in [0.5, 0.6) is 5.75 Å². The molecule has 4 aromatic rings. The van der Waals surface area contributed by atoms with E-state index in [-0.39, 0.29) is 18.3 Å². The van der Waals surface area contributed by atoms with Crippen molar-refractivity contribution in [1.82, 2.24) is 29.3 Å². The molecule has 31 heavy (non-hydrogen) atoms. The molecule has 0 aliphatic heterocycles. The molecule has 0 aliphatic rings. The third-order valence-corrected chi connectivity index (χ3v) is 5.59. The minimum absolute atomic E-state index is 0.220. The summed E-state index contributed by atoms with van der Waals surface area (Å²) in [5.74, 6) is 0.386. The fraction of sp³-hybridized carbons (Fsp3) is 0.200. The van der Waals surface area contributed by atoms with Gasteiger partial charge < -0.3 is 10.1 Å². The summed E-state index contributed by atoms with van der Waals surface area (Å²) in [6, 6.07) is 9.14. The number of amides is 1. The highest BCUT2D eigenvalue weighted by Crippen LogP contribution is 2.19. The number of rotatable bonds is 7. The van der Waals surface area contributed by atoms with Crippen molar-refractivity contribution in [2.45, 2.75) is 27.2 Å². The topological polar surface area (TPSA) is 91.8 Å². The fourth-order valence-corrected chi connectivity index (χ4v) is 3.28. The zero-order valence-corrected chi connectivity index (χ0v) is 19.1.